The number of anilines is 1. The van der Waals surface area contributed by atoms with Gasteiger partial charge in [-0.2, -0.15) is 0 Å². The third kappa shape index (κ3) is 4.87. The highest BCUT2D eigenvalue weighted by atomic mass is 19.1. The van der Waals surface area contributed by atoms with Gasteiger partial charge in [-0.1, -0.05) is 0 Å². The first kappa shape index (κ1) is 24.4. The molecule has 2 aromatic rings. The molecule has 1 unspecified atom stereocenters. The molecule has 1 atom stereocenters. The van der Waals surface area contributed by atoms with E-state index in [4.69, 9.17) is 4.74 Å². The molecule has 0 N–H and O–H groups in total. The number of likely N-dealkylation sites (tertiary alicyclic amines) is 2. The largest absolute Gasteiger partial charge is 0.497 e. The maximum absolute atomic E-state index is 13.2. The Morgan fingerprint density at radius 2 is 1.44 bits per heavy atom. The summed E-state index contributed by atoms with van der Waals surface area (Å²) in [4.78, 5) is 44.0. The van der Waals surface area contributed by atoms with Crippen LogP contribution in [-0.4, -0.2) is 66.9 Å². The maximum Gasteiger partial charge on any atom is 0.253 e. The second kappa shape index (κ2) is 10.4. The molecule has 3 amide bonds. The van der Waals surface area contributed by atoms with Crippen molar-refractivity contribution < 1.29 is 23.5 Å². The van der Waals surface area contributed by atoms with Crippen LogP contribution in [0.4, 0.5) is 10.1 Å². The number of hydrogen-bond acceptors (Lipinski definition) is 5. The van der Waals surface area contributed by atoms with Crippen LogP contribution in [0.1, 0.15) is 42.5 Å². The van der Waals surface area contributed by atoms with Crippen molar-refractivity contribution in [1.29, 1.82) is 0 Å². The number of ether oxygens (including phenoxy) is 1. The van der Waals surface area contributed by atoms with Crippen LogP contribution >= 0.6 is 0 Å². The van der Waals surface area contributed by atoms with Gasteiger partial charge in [0.1, 0.15) is 11.6 Å². The minimum absolute atomic E-state index is 0.0332. The summed E-state index contributed by atoms with van der Waals surface area (Å²) in [5.74, 6) is 1.13. The Kier molecular flexibility index (Phi) is 7.05. The van der Waals surface area contributed by atoms with Gasteiger partial charge in [0.05, 0.1) is 25.3 Å². The van der Waals surface area contributed by atoms with E-state index in [0.29, 0.717) is 41.9 Å². The van der Waals surface area contributed by atoms with Gasteiger partial charge in [0.25, 0.3) is 11.8 Å². The molecule has 0 saturated carbocycles. The van der Waals surface area contributed by atoms with Crippen molar-refractivity contribution in [2.24, 2.45) is 11.8 Å². The number of halogens is 1. The molecule has 5 rings (SSSR count). The molecular formula is C28H32FN3O4. The second-order valence-corrected chi connectivity index (χ2v) is 10.00. The lowest BCUT2D eigenvalue weighted by atomic mass is 9.78. The molecule has 3 fully saturated rings. The Morgan fingerprint density at radius 3 is 2.03 bits per heavy atom. The van der Waals surface area contributed by atoms with Gasteiger partial charge >= 0.3 is 0 Å². The molecule has 0 aliphatic carbocycles. The summed E-state index contributed by atoms with van der Waals surface area (Å²) in [6.45, 7) is 3.04. The standard InChI is InChI=1S/C28H32FN3O4/c1-36-24-8-6-23(7-9-24)32-26(33)18-25(28(32)35)30-14-10-19(11-15-30)20-12-16-31(17-13-20)27(34)21-2-4-22(29)5-3-21/h2-9,19-20,25H,10-18H2,1H3. The number of carbonyl (C=O) groups excluding carboxylic acids is 3. The van der Waals surface area contributed by atoms with E-state index in [1.54, 1.807) is 43.5 Å². The number of amides is 3. The molecule has 0 spiro atoms. The number of benzene rings is 2. The first-order valence-corrected chi connectivity index (χ1v) is 12.7. The first-order valence-electron chi connectivity index (χ1n) is 12.7. The molecule has 0 aromatic heterocycles. The van der Waals surface area contributed by atoms with Crippen molar-refractivity contribution in [3.8, 4) is 5.75 Å². The van der Waals surface area contributed by atoms with Crippen LogP contribution in [-0.2, 0) is 9.59 Å². The number of piperidine rings is 2. The molecule has 3 saturated heterocycles. The maximum atomic E-state index is 13.2. The Bertz CT molecular complexity index is 1100. The van der Waals surface area contributed by atoms with Crippen molar-refractivity contribution in [3.63, 3.8) is 0 Å². The molecule has 190 valence electrons. The van der Waals surface area contributed by atoms with E-state index in [1.165, 1.54) is 17.0 Å². The fraction of sp³-hybridized carbons (Fsp3) is 0.464. The third-order valence-electron chi connectivity index (χ3n) is 8.05. The highest BCUT2D eigenvalue weighted by Gasteiger charge is 2.44. The van der Waals surface area contributed by atoms with E-state index in [0.717, 1.165) is 38.8 Å². The SMILES string of the molecule is COc1ccc(N2C(=O)CC(N3CCC(C4CCN(C(=O)c5ccc(F)cc5)CC4)CC3)C2=O)cc1. The van der Waals surface area contributed by atoms with Gasteiger partial charge in [0.15, 0.2) is 0 Å². The monoisotopic (exact) mass is 493 g/mol. The third-order valence-corrected chi connectivity index (χ3v) is 8.05. The van der Waals surface area contributed by atoms with E-state index in [2.05, 4.69) is 4.90 Å². The predicted octanol–water partition coefficient (Wildman–Crippen LogP) is 3.73. The van der Waals surface area contributed by atoms with Gasteiger partial charge in [-0.25, -0.2) is 9.29 Å². The van der Waals surface area contributed by atoms with Crippen LogP contribution in [0.25, 0.3) is 0 Å². The molecule has 3 aliphatic heterocycles. The quantitative estimate of drug-likeness (QED) is 0.594. The van der Waals surface area contributed by atoms with Crippen molar-refractivity contribution >= 4 is 23.4 Å². The van der Waals surface area contributed by atoms with E-state index in [-0.39, 0.29) is 30.0 Å². The number of nitrogens with zero attached hydrogens (tertiary/aromatic N) is 3. The molecule has 8 heteroatoms. The summed E-state index contributed by atoms with van der Waals surface area (Å²) in [5.41, 5.74) is 1.12. The van der Waals surface area contributed by atoms with Gasteiger partial charge < -0.3 is 9.64 Å². The average Bonchev–Trinajstić information content (AvgIpc) is 3.22. The van der Waals surface area contributed by atoms with Crippen molar-refractivity contribution in [1.82, 2.24) is 9.80 Å². The van der Waals surface area contributed by atoms with Crippen molar-refractivity contribution in [2.75, 3.05) is 38.2 Å². The van der Waals surface area contributed by atoms with E-state index < -0.39 is 6.04 Å². The number of methoxy groups -OCH3 is 1. The number of imide groups is 1. The van der Waals surface area contributed by atoms with Gasteiger partial charge in [-0.3, -0.25) is 19.3 Å². The fourth-order valence-corrected chi connectivity index (χ4v) is 5.96. The zero-order valence-electron chi connectivity index (χ0n) is 20.6. The van der Waals surface area contributed by atoms with Crippen LogP contribution in [0.2, 0.25) is 0 Å². The summed E-state index contributed by atoms with van der Waals surface area (Å²) < 4.78 is 18.3. The average molecular weight is 494 g/mol. The van der Waals surface area contributed by atoms with Gasteiger partial charge in [-0.05, 0) is 99.1 Å². The minimum Gasteiger partial charge on any atom is -0.497 e. The van der Waals surface area contributed by atoms with E-state index in [9.17, 15) is 18.8 Å². The predicted molar refractivity (Wildman–Crippen MR) is 133 cm³/mol. The molecule has 36 heavy (non-hydrogen) atoms. The summed E-state index contributed by atoms with van der Waals surface area (Å²) in [6.07, 6.45) is 4.14. The zero-order valence-corrected chi connectivity index (χ0v) is 20.6. The summed E-state index contributed by atoms with van der Waals surface area (Å²) in [5, 5.41) is 0. The van der Waals surface area contributed by atoms with Crippen molar-refractivity contribution in [3.05, 3.63) is 59.9 Å². The lowest BCUT2D eigenvalue weighted by Gasteiger charge is -2.41. The Balaban J connectivity index is 1.12. The number of rotatable bonds is 5. The Morgan fingerprint density at radius 1 is 0.861 bits per heavy atom. The lowest BCUT2D eigenvalue weighted by molar-refractivity contribution is -0.123. The molecule has 0 bridgehead atoms. The molecular weight excluding hydrogens is 461 g/mol. The van der Waals surface area contributed by atoms with Crippen LogP contribution < -0.4 is 9.64 Å². The highest BCUT2D eigenvalue weighted by Crippen LogP contribution is 2.35. The fourth-order valence-electron chi connectivity index (χ4n) is 5.96. The molecule has 2 aromatic carbocycles. The van der Waals surface area contributed by atoms with Crippen LogP contribution in [0.3, 0.4) is 0 Å². The molecule has 7 nitrogen and oxygen atoms in total. The highest BCUT2D eigenvalue weighted by molar-refractivity contribution is 6.22. The Labute approximate surface area is 210 Å². The van der Waals surface area contributed by atoms with Crippen LogP contribution in [0, 0.1) is 17.7 Å². The van der Waals surface area contributed by atoms with Gasteiger partial charge in [0, 0.05) is 18.7 Å². The van der Waals surface area contributed by atoms with Crippen LogP contribution in [0.15, 0.2) is 48.5 Å². The number of hydrogen-bond donors (Lipinski definition) is 0. The van der Waals surface area contributed by atoms with Crippen molar-refractivity contribution in [2.45, 2.75) is 38.1 Å². The van der Waals surface area contributed by atoms with E-state index >= 15 is 0 Å². The minimum atomic E-state index is -0.393. The summed E-state index contributed by atoms with van der Waals surface area (Å²) in [7, 11) is 1.58. The second-order valence-electron chi connectivity index (χ2n) is 10.00. The molecule has 0 radical (unpaired) electrons. The topological polar surface area (TPSA) is 70.2 Å². The van der Waals surface area contributed by atoms with Gasteiger partial charge in [-0.15, -0.1) is 0 Å². The summed E-state index contributed by atoms with van der Waals surface area (Å²) in [6, 6.07) is 12.4. The first-order chi connectivity index (χ1) is 17.4. The zero-order chi connectivity index (χ0) is 25.2. The Hall–Kier alpha value is -3.26. The molecule has 3 aliphatic rings. The normalized spacial score (nSPS) is 22.3. The van der Waals surface area contributed by atoms with E-state index in [1.807, 2.05) is 4.90 Å². The van der Waals surface area contributed by atoms with Gasteiger partial charge in [0.2, 0.25) is 5.91 Å². The number of carbonyl (C=O) groups is 3. The molecule has 3 heterocycles. The lowest BCUT2D eigenvalue weighted by Crippen LogP contribution is -2.47. The van der Waals surface area contributed by atoms with Crippen LogP contribution in [0.5, 0.6) is 5.75 Å². The summed E-state index contributed by atoms with van der Waals surface area (Å²) >= 11 is 0. The smallest absolute Gasteiger partial charge is 0.253 e.